The lowest BCUT2D eigenvalue weighted by Crippen LogP contribution is -2.20. The van der Waals surface area contributed by atoms with Gasteiger partial charge >= 0.3 is 5.97 Å². The normalized spacial score (nSPS) is 29.7. The van der Waals surface area contributed by atoms with Crippen LogP contribution in [0, 0.1) is 11.8 Å². The zero-order valence-electron chi connectivity index (χ0n) is 7.33. The second-order valence-corrected chi connectivity index (χ2v) is 3.54. The fraction of sp³-hybridized carbons (Fsp3) is 0.700. The molecule has 68 valence electrons. The number of hydrogen-bond donors (Lipinski definition) is 1. The van der Waals surface area contributed by atoms with Crippen molar-refractivity contribution in [3.05, 3.63) is 12.7 Å². The summed E-state index contributed by atoms with van der Waals surface area (Å²) in [6.07, 6.45) is 6.84. The Morgan fingerprint density at radius 2 is 2.17 bits per heavy atom. The summed E-state index contributed by atoms with van der Waals surface area (Å²) < 4.78 is 0. The molecule has 1 N–H and O–H groups in total. The molecule has 12 heavy (non-hydrogen) atoms. The molecule has 1 aliphatic rings. The molecule has 0 aromatic heterocycles. The molecule has 0 aliphatic heterocycles. The predicted octanol–water partition coefficient (Wildman–Crippen LogP) is 2.45. The molecule has 1 aliphatic carbocycles. The first kappa shape index (κ1) is 9.30. The van der Waals surface area contributed by atoms with Crippen LogP contribution >= 0.6 is 0 Å². The zero-order valence-corrected chi connectivity index (χ0v) is 7.33. The van der Waals surface area contributed by atoms with E-state index >= 15 is 0 Å². The Balaban J connectivity index is 2.46. The van der Waals surface area contributed by atoms with Crippen LogP contribution in [0.1, 0.15) is 32.1 Å². The van der Waals surface area contributed by atoms with Crippen LogP contribution in [0.5, 0.6) is 0 Å². The molecule has 2 heteroatoms. The highest BCUT2D eigenvalue weighted by molar-refractivity contribution is 5.67. The third kappa shape index (κ3) is 2.36. The van der Waals surface area contributed by atoms with Crippen LogP contribution < -0.4 is 0 Å². The largest absolute Gasteiger partial charge is 0.481 e. The van der Waals surface area contributed by atoms with Crippen molar-refractivity contribution in [2.24, 2.45) is 11.8 Å². The van der Waals surface area contributed by atoms with Crippen molar-refractivity contribution >= 4 is 5.97 Å². The Bertz CT molecular complexity index is 175. The molecule has 0 heterocycles. The quantitative estimate of drug-likeness (QED) is 0.657. The van der Waals surface area contributed by atoms with Gasteiger partial charge in [-0.2, -0.15) is 0 Å². The molecule has 0 bridgehead atoms. The van der Waals surface area contributed by atoms with E-state index in [1.54, 1.807) is 0 Å². The van der Waals surface area contributed by atoms with Gasteiger partial charge in [0.1, 0.15) is 0 Å². The van der Waals surface area contributed by atoms with Crippen molar-refractivity contribution < 1.29 is 9.90 Å². The lowest BCUT2D eigenvalue weighted by atomic mass is 9.78. The summed E-state index contributed by atoms with van der Waals surface area (Å²) >= 11 is 0. The smallest absolute Gasteiger partial charge is 0.303 e. The third-order valence-corrected chi connectivity index (χ3v) is 2.71. The first-order valence-corrected chi connectivity index (χ1v) is 4.58. The summed E-state index contributed by atoms with van der Waals surface area (Å²) in [7, 11) is 0. The minimum atomic E-state index is -0.672. The lowest BCUT2D eigenvalue weighted by molar-refractivity contribution is -0.138. The summed E-state index contributed by atoms with van der Waals surface area (Å²) in [6.45, 7) is 3.75. The van der Waals surface area contributed by atoms with Gasteiger partial charge in [0.2, 0.25) is 0 Å². The maximum Gasteiger partial charge on any atom is 0.303 e. The highest BCUT2D eigenvalue weighted by Gasteiger charge is 2.24. The monoisotopic (exact) mass is 168 g/mol. The molecular weight excluding hydrogens is 152 g/mol. The van der Waals surface area contributed by atoms with Gasteiger partial charge in [-0.1, -0.05) is 18.9 Å². The Kier molecular flexibility index (Phi) is 3.32. The molecule has 0 saturated heterocycles. The van der Waals surface area contributed by atoms with Gasteiger partial charge in [-0.25, -0.2) is 0 Å². The van der Waals surface area contributed by atoms with Crippen LogP contribution in [-0.4, -0.2) is 11.1 Å². The van der Waals surface area contributed by atoms with Crippen LogP contribution in [0.15, 0.2) is 12.7 Å². The van der Waals surface area contributed by atoms with Gasteiger partial charge in [0.25, 0.3) is 0 Å². The number of aliphatic carboxylic acids is 1. The van der Waals surface area contributed by atoms with Crippen molar-refractivity contribution in [2.75, 3.05) is 0 Å². The summed E-state index contributed by atoms with van der Waals surface area (Å²) in [6, 6.07) is 0. The number of allylic oxidation sites excluding steroid dienone is 1. The fourth-order valence-corrected chi connectivity index (χ4v) is 2.02. The van der Waals surface area contributed by atoms with Gasteiger partial charge in [0, 0.05) is 6.42 Å². The highest BCUT2D eigenvalue weighted by atomic mass is 16.4. The van der Waals surface area contributed by atoms with E-state index in [1.807, 2.05) is 6.08 Å². The Hall–Kier alpha value is -0.790. The molecule has 0 aromatic carbocycles. The summed E-state index contributed by atoms with van der Waals surface area (Å²) in [5, 5.41) is 8.64. The molecule has 0 aromatic rings. The Morgan fingerprint density at radius 3 is 2.75 bits per heavy atom. The Labute approximate surface area is 73.3 Å². The van der Waals surface area contributed by atoms with E-state index in [0.29, 0.717) is 18.3 Å². The van der Waals surface area contributed by atoms with Crippen LogP contribution in [0.3, 0.4) is 0 Å². The van der Waals surface area contributed by atoms with Gasteiger partial charge in [0.05, 0.1) is 0 Å². The predicted molar refractivity (Wildman–Crippen MR) is 47.9 cm³/mol. The number of carboxylic acid groups (broad SMARTS) is 1. The average Bonchev–Trinajstić information content (AvgIpc) is 2.04. The maximum atomic E-state index is 10.5. The van der Waals surface area contributed by atoms with Gasteiger partial charge in [-0.05, 0) is 24.7 Å². The van der Waals surface area contributed by atoms with E-state index in [9.17, 15) is 4.79 Å². The lowest BCUT2D eigenvalue weighted by Gasteiger charge is -2.27. The summed E-state index contributed by atoms with van der Waals surface area (Å²) in [5.41, 5.74) is 0. The minimum absolute atomic E-state index is 0.316. The van der Waals surface area contributed by atoms with Crippen LogP contribution in [0.4, 0.5) is 0 Å². The number of rotatable bonds is 3. The molecular formula is C10H16O2. The second-order valence-electron chi connectivity index (χ2n) is 3.54. The zero-order chi connectivity index (χ0) is 8.97. The van der Waals surface area contributed by atoms with Gasteiger partial charge < -0.3 is 5.11 Å². The summed E-state index contributed by atoms with van der Waals surface area (Å²) in [4.78, 5) is 10.5. The maximum absolute atomic E-state index is 10.5. The molecule has 2 nitrogen and oxygen atoms in total. The Morgan fingerprint density at radius 1 is 1.50 bits per heavy atom. The average molecular weight is 168 g/mol. The molecule has 0 amide bonds. The highest BCUT2D eigenvalue weighted by Crippen LogP contribution is 2.32. The first-order valence-electron chi connectivity index (χ1n) is 4.58. The van der Waals surface area contributed by atoms with Crippen LogP contribution in [-0.2, 0) is 4.79 Å². The van der Waals surface area contributed by atoms with Crippen LogP contribution in [0.25, 0.3) is 0 Å². The molecule has 1 fully saturated rings. The van der Waals surface area contributed by atoms with Crippen LogP contribution in [0.2, 0.25) is 0 Å². The van der Waals surface area contributed by atoms with Gasteiger partial charge in [-0.15, -0.1) is 6.58 Å². The van der Waals surface area contributed by atoms with Gasteiger partial charge in [-0.3, -0.25) is 4.79 Å². The standard InChI is InChI=1S/C10H16O2/c1-2-8-5-3-4-6-9(8)7-10(11)12/h2,8-9H,1,3-7H2,(H,11,12)/t8-,9+/m0/s1. The van der Waals surface area contributed by atoms with Crippen molar-refractivity contribution in [3.8, 4) is 0 Å². The molecule has 0 unspecified atom stereocenters. The van der Waals surface area contributed by atoms with Crippen molar-refractivity contribution in [3.63, 3.8) is 0 Å². The topological polar surface area (TPSA) is 37.3 Å². The van der Waals surface area contributed by atoms with E-state index in [4.69, 9.17) is 5.11 Å². The van der Waals surface area contributed by atoms with E-state index in [0.717, 1.165) is 12.8 Å². The van der Waals surface area contributed by atoms with Crippen molar-refractivity contribution in [2.45, 2.75) is 32.1 Å². The molecule has 0 radical (unpaired) electrons. The second kappa shape index (κ2) is 4.29. The molecule has 0 spiro atoms. The van der Waals surface area contributed by atoms with E-state index in [2.05, 4.69) is 6.58 Å². The van der Waals surface area contributed by atoms with E-state index in [1.165, 1.54) is 12.8 Å². The fourth-order valence-electron chi connectivity index (χ4n) is 2.02. The number of hydrogen-bond acceptors (Lipinski definition) is 1. The third-order valence-electron chi connectivity index (χ3n) is 2.71. The van der Waals surface area contributed by atoms with Gasteiger partial charge in [0.15, 0.2) is 0 Å². The molecule has 2 atom stereocenters. The van der Waals surface area contributed by atoms with E-state index in [-0.39, 0.29) is 0 Å². The number of carbonyl (C=O) groups is 1. The molecule has 1 rings (SSSR count). The minimum Gasteiger partial charge on any atom is -0.481 e. The first-order chi connectivity index (χ1) is 5.74. The van der Waals surface area contributed by atoms with Crippen molar-refractivity contribution in [1.82, 2.24) is 0 Å². The van der Waals surface area contributed by atoms with Crippen molar-refractivity contribution in [1.29, 1.82) is 0 Å². The summed E-state index contributed by atoms with van der Waals surface area (Å²) in [5.74, 6) is 0.109. The number of carboxylic acids is 1. The molecule has 1 saturated carbocycles. The SMILES string of the molecule is C=C[C@H]1CCCC[C@@H]1CC(=O)O. The van der Waals surface area contributed by atoms with E-state index < -0.39 is 5.97 Å².